The number of nitrogens with zero attached hydrogens (tertiary/aromatic N) is 1. The van der Waals surface area contributed by atoms with Crippen molar-refractivity contribution in [1.29, 1.82) is 0 Å². The molecule has 2 N–H and O–H groups in total. The zero-order chi connectivity index (χ0) is 21.2. The van der Waals surface area contributed by atoms with E-state index in [2.05, 4.69) is 41.8 Å². The van der Waals surface area contributed by atoms with E-state index in [1.54, 1.807) is 0 Å². The second-order valence-electron chi connectivity index (χ2n) is 7.75. The first-order valence-corrected chi connectivity index (χ1v) is 11.5. The van der Waals surface area contributed by atoms with Gasteiger partial charge < -0.3 is 5.73 Å². The number of likely N-dealkylation sites (tertiary alicyclic amines) is 1. The number of hydrogen-bond donors (Lipinski definition) is 2. The summed E-state index contributed by atoms with van der Waals surface area (Å²) in [6.07, 6.45) is 5.13. The molecule has 1 fully saturated rings. The molecule has 1 saturated heterocycles. The molecule has 0 aromatic heterocycles. The molecule has 0 unspecified atom stereocenters. The second-order valence-corrected chi connectivity index (χ2v) is 8.70. The lowest BCUT2D eigenvalue weighted by atomic mass is 10.1. The van der Waals surface area contributed by atoms with Gasteiger partial charge >= 0.3 is 0 Å². The van der Waals surface area contributed by atoms with Crippen LogP contribution in [0, 0.1) is 0 Å². The largest absolute Gasteiger partial charge is 0.330 e. The Hall–Kier alpha value is -1.78. The Labute approximate surface area is 191 Å². The zero-order valence-electron chi connectivity index (χ0n) is 17.4. The standard InChI is InChI=1S/C14H22N2.C12H9ClS/c15-9-8-13-4-6-14(7-5-13)12-16-10-2-1-3-11-16;13-11-5-1-9(2-6-11)10-3-7-12(14)8-4-10/h4-7H,1-3,8-12,15H2;1-8,14H. The molecule has 0 amide bonds. The van der Waals surface area contributed by atoms with E-state index in [-0.39, 0.29) is 0 Å². The fraction of sp³-hybridized carbons (Fsp3) is 0.308. The summed E-state index contributed by atoms with van der Waals surface area (Å²) in [4.78, 5) is 3.53. The molecule has 0 radical (unpaired) electrons. The molecule has 3 aromatic carbocycles. The molecule has 0 bridgehead atoms. The van der Waals surface area contributed by atoms with Crippen LogP contribution in [0.15, 0.2) is 77.7 Å². The molecule has 0 aliphatic carbocycles. The Bertz CT molecular complexity index is 827. The van der Waals surface area contributed by atoms with Crippen molar-refractivity contribution >= 4 is 24.2 Å². The van der Waals surface area contributed by atoms with Gasteiger partial charge in [-0.2, -0.15) is 0 Å². The Morgan fingerprint density at radius 3 is 1.83 bits per heavy atom. The molecule has 0 atom stereocenters. The first kappa shape index (κ1) is 22.9. The van der Waals surface area contributed by atoms with Gasteiger partial charge in [0.2, 0.25) is 0 Å². The minimum Gasteiger partial charge on any atom is -0.330 e. The highest BCUT2D eigenvalue weighted by Gasteiger charge is 2.09. The normalized spacial score (nSPS) is 14.1. The number of halogens is 1. The van der Waals surface area contributed by atoms with Gasteiger partial charge in [-0.15, -0.1) is 12.6 Å². The molecule has 3 aromatic rings. The van der Waals surface area contributed by atoms with E-state index in [0.29, 0.717) is 0 Å². The molecule has 0 spiro atoms. The number of piperidine rings is 1. The highest BCUT2D eigenvalue weighted by atomic mass is 35.5. The van der Waals surface area contributed by atoms with Crippen LogP contribution in [0.25, 0.3) is 11.1 Å². The number of rotatable bonds is 5. The fourth-order valence-corrected chi connectivity index (χ4v) is 3.92. The quantitative estimate of drug-likeness (QED) is 0.447. The maximum absolute atomic E-state index is 5.81. The van der Waals surface area contributed by atoms with Crippen LogP contribution in [0.5, 0.6) is 0 Å². The van der Waals surface area contributed by atoms with Crippen molar-refractivity contribution in [3.8, 4) is 11.1 Å². The summed E-state index contributed by atoms with van der Waals surface area (Å²) < 4.78 is 0. The Morgan fingerprint density at radius 2 is 1.27 bits per heavy atom. The van der Waals surface area contributed by atoms with Crippen molar-refractivity contribution < 1.29 is 0 Å². The first-order valence-electron chi connectivity index (χ1n) is 10.7. The topological polar surface area (TPSA) is 29.3 Å². The second kappa shape index (κ2) is 12.2. The van der Waals surface area contributed by atoms with E-state index in [9.17, 15) is 0 Å². The first-order chi connectivity index (χ1) is 14.6. The molecular formula is C26H31ClN2S. The summed E-state index contributed by atoms with van der Waals surface area (Å²) in [6, 6.07) is 24.8. The van der Waals surface area contributed by atoms with Gasteiger partial charge in [0.15, 0.2) is 0 Å². The van der Waals surface area contributed by atoms with Crippen LogP contribution in [0.4, 0.5) is 0 Å². The summed E-state index contributed by atoms with van der Waals surface area (Å²) in [7, 11) is 0. The average Bonchev–Trinajstić information content (AvgIpc) is 2.78. The van der Waals surface area contributed by atoms with E-state index >= 15 is 0 Å². The summed E-state index contributed by atoms with van der Waals surface area (Å²) in [5.41, 5.74) is 10.7. The van der Waals surface area contributed by atoms with Crippen molar-refractivity contribution in [2.24, 2.45) is 5.73 Å². The van der Waals surface area contributed by atoms with E-state index in [1.165, 1.54) is 54.6 Å². The summed E-state index contributed by atoms with van der Waals surface area (Å²) in [5.74, 6) is 0. The summed E-state index contributed by atoms with van der Waals surface area (Å²) in [5, 5.41) is 0.763. The predicted molar refractivity (Wildman–Crippen MR) is 132 cm³/mol. The monoisotopic (exact) mass is 438 g/mol. The van der Waals surface area contributed by atoms with E-state index in [4.69, 9.17) is 17.3 Å². The van der Waals surface area contributed by atoms with Crippen LogP contribution >= 0.6 is 24.2 Å². The van der Waals surface area contributed by atoms with Gasteiger partial charge in [-0.1, -0.05) is 66.6 Å². The minimum atomic E-state index is 0.742. The maximum atomic E-state index is 5.81. The minimum absolute atomic E-state index is 0.742. The molecule has 0 saturated carbocycles. The predicted octanol–water partition coefficient (Wildman–Crippen LogP) is 6.47. The van der Waals surface area contributed by atoms with Crippen molar-refractivity contribution in [3.05, 3.63) is 88.9 Å². The zero-order valence-corrected chi connectivity index (χ0v) is 19.1. The van der Waals surface area contributed by atoms with Crippen molar-refractivity contribution in [1.82, 2.24) is 4.90 Å². The van der Waals surface area contributed by atoms with Crippen LogP contribution in [-0.4, -0.2) is 24.5 Å². The van der Waals surface area contributed by atoms with Crippen LogP contribution in [-0.2, 0) is 13.0 Å². The number of hydrogen-bond acceptors (Lipinski definition) is 3. The molecule has 4 heteroatoms. The maximum Gasteiger partial charge on any atom is 0.0406 e. The SMILES string of the molecule is NCCc1ccc(CN2CCCCC2)cc1.Sc1ccc(-c2ccc(Cl)cc2)cc1. The molecule has 30 heavy (non-hydrogen) atoms. The van der Waals surface area contributed by atoms with Gasteiger partial charge in [-0.05, 0) is 85.4 Å². The molecule has 4 rings (SSSR count). The van der Waals surface area contributed by atoms with E-state index in [1.807, 2.05) is 48.5 Å². The van der Waals surface area contributed by atoms with E-state index in [0.717, 1.165) is 29.4 Å². The molecule has 1 aliphatic rings. The number of nitrogens with two attached hydrogens (primary N) is 1. The third-order valence-corrected chi connectivity index (χ3v) is 5.91. The third-order valence-electron chi connectivity index (χ3n) is 5.36. The number of benzene rings is 3. The highest BCUT2D eigenvalue weighted by molar-refractivity contribution is 7.80. The number of thiol groups is 1. The van der Waals surface area contributed by atoms with Crippen LogP contribution in [0.1, 0.15) is 30.4 Å². The van der Waals surface area contributed by atoms with Gasteiger partial charge in [-0.25, -0.2) is 0 Å². The van der Waals surface area contributed by atoms with Gasteiger partial charge in [0, 0.05) is 16.5 Å². The van der Waals surface area contributed by atoms with Crippen LogP contribution in [0.3, 0.4) is 0 Å². The fourth-order valence-electron chi connectivity index (χ4n) is 3.65. The van der Waals surface area contributed by atoms with Crippen molar-refractivity contribution in [2.45, 2.75) is 37.1 Å². The molecule has 1 heterocycles. The smallest absolute Gasteiger partial charge is 0.0406 e. The van der Waals surface area contributed by atoms with E-state index < -0.39 is 0 Å². The Kier molecular flexibility index (Phi) is 9.28. The van der Waals surface area contributed by atoms with Gasteiger partial charge in [-0.3, -0.25) is 4.90 Å². The lowest BCUT2D eigenvalue weighted by Crippen LogP contribution is -2.29. The van der Waals surface area contributed by atoms with Crippen molar-refractivity contribution in [2.75, 3.05) is 19.6 Å². The Morgan fingerprint density at radius 1 is 0.733 bits per heavy atom. The molecule has 158 valence electrons. The summed E-state index contributed by atoms with van der Waals surface area (Å²) in [6.45, 7) is 4.39. The highest BCUT2D eigenvalue weighted by Crippen LogP contribution is 2.22. The third kappa shape index (κ3) is 7.48. The average molecular weight is 439 g/mol. The lowest BCUT2D eigenvalue weighted by Gasteiger charge is -2.26. The lowest BCUT2D eigenvalue weighted by molar-refractivity contribution is 0.221. The van der Waals surface area contributed by atoms with Crippen molar-refractivity contribution in [3.63, 3.8) is 0 Å². The summed E-state index contributed by atoms with van der Waals surface area (Å²) >= 11 is 10.1. The molecule has 1 aliphatic heterocycles. The van der Waals surface area contributed by atoms with Crippen LogP contribution < -0.4 is 5.73 Å². The molecule has 2 nitrogen and oxygen atoms in total. The van der Waals surface area contributed by atoms with Gasteiger partial charge in [0.25, 0.3) is 0 Å². The Balaban J connectivity index is 0.000000172. The van der Waals surface area contributed by atoms with Gasteiger partial charge in [0.05, 0.1) is 0 Å². The van der Waals surface area contributed by atoms with Crippen LogP contribution in [0.2, 0.25) is 5.02 Å². The van der Waals surface area contributed by atoms with Gasteiger partial charge in [0.1, 0.15) is 0 Å². The molecular weight excluding hydrogens is 408 g/mol.